The van der Waals surface area contributed by atoms with Gasteiger partial charge in [0.05, 0.1) is 16.1 Å². The lowest BCUT2D eigenvalue weighted by Crippen LogP contribution is -2.33. The highest BCUT2D eigenvalue weighted by Crippen LogP contribution is 2.45. The number of anilines is 2. The van der Waals surface area contributed by atoms with Crippen LogP contribution < -0.4 is 15.8 Å². The number of carbonyl (C=O) groups excluding carboxylic acids is 1. The van der Waals surface area contributed by atoms with Crippen molar-refractivity contribution in [3.63, 3.8) is 0 Å². The van der Waals surface area contributed by atoms with E-state index in [0.29, 0.717) is 22.1 Å². The van der Waals surface area contributed by atoms with Crippen LogP contribution in [0.1, 0.15) is 13.8 Å². The molecule has 2 rings (SSSR count). The maximum Gasteiger partial charge on any atom is 0.233 e. The van der Waals surface area contributed by atoms with Crippen molar-refractivity contribution in [1.29, 1.82) is 0 Å². The van der Waals surface area contributed by atoms with Crippen molar-refractivity contribution in [2.75, 3.05) is 17.7 Å². The monoisotopic (exact) mass is 274 g/mol. The Morgan fingerprint density at radius 3 is 2.76 bits per heavy atom. The summed E-state index contributed by atoms with van der Waals surface area (Å²) in [7, 11) is 0. The van der Waals surface area contributed by atoms with E-state index in [0.717, 1.165) is 0 Å². The molecule has 1 aliphatic rings. The van der Waals surface area contributed by atoms with Crippen LogP contribution in [0.4, 0.5) is 11.4 Å². The maximum absolute atomic E-state index is 11.9. The molecule has 1 aliphatic heterocycles. The van der Waals surface area contributed by atoms with E-state index in [-0.39, 0.29) is 17.5 Å². The van der Waals surface area contributed by atoms with Crippen LogP contribution in [0.2, 0.25) is 10.0 Å². The van der Waals surface area contributed by atoms with E-state index < -0.39 is 5.41 Å². The second-order valence-electron chi connectivity index (χ2n) is 4.59. The Kier molecular flexibility index (Phi) is 2.87. The number of halogens is 2. The van der Waals surface area contributed by atoms with Crippen LogP contribution in [-0.2, 0) is 4.79 Å². The van der Waals surface area contributed by atoms with E-state index >= 15 is 0 Å². The number of nitrogen functional groups attached to an aromatic ring is 1. The molecule has 0 unspecified atom stereocenters. The smallest absolute Gasteiger partial charge is 0.233 e. The van der Waals surface area contributed by atoms with Gasteiger partial charge in [-0.15, -0.1) is 0 Å². The summed E-state index contributed by atoms with van der Waals surface area (Å²) >= 11 is 12.1. The number of amides is 1. The van der Waals surface area contributed by atoms with Gasteiger partial charge < -0.3 is 15.8 Å². The molecule has 0 bridgehead atoms. The van der Waals surface area contributed by atoms with Gasteiger partial charge in [0.25, 0.3) is 0 Å². The molecule has 0 spiro atoms. The summed E-state index contributed by atoms with van der Waals surface area (Å²) in [5.41, 5.74) is 5.74. The SMILES string of the molecule is CC1(C)COc2c(Cl)c(N)cc(Cl)c2NC1=O. The topological polar surface area (TPSA) is 64.3 Å². The number of benzene rings is 1. The number of rotatable bonds is 0. The Bertz CT molecular complexity index is 501. The van der Waals surface area contributed by atoms with Crippen LogP contribution in [0.5, 0.6) is 5.75 Å². The molecule has 17 heavy (non-hydrogen) atoms. The van der Waals surface area contributed by atoms with Gasteiger partial charge in [0, 0.05) is 0 Å². The summed E-state index contributed by atoms with van der Waals surface area (Å²) in [6, 6.07) is 1.49. The zero-order valence-corrected chi connectivity index (χ0v) is 10.9. The predicted molar refractivity (Wildman–Crippen MR) is 68.8 cm³/mol. The lowest BCUT2D eigenvalue weighted by molar-refractivity contribution is -0.124. The molecule has 1 amide bonds. The molecular weight excluding hydrogens is 263 g/mol. The molecule has 0 aliphatic carbocycles. The molecule has 1 heterocycles. The molecule has 0 atom stereocenters. The number of carbonyl (C=O) groups is 1. The van der Waals surface area contributed by atoms with Gasteiger partial charge in [-0.1, -0.05) is 23.2 Å². The first-order valence-corrected chi connectivity index (χ1v) is 5.80. The summed E-state index contributed by atoms with van der Waals surface area (Å²) < 4.78 is 5.55. The number of fused-ring (bicyclic) bond motifs is 1. The first-order chi connectivity index (χ1) is 7.83. The number of hydrogen-bond donors (Lipinski definition) is 2. The van der Waals surface area contributed by atoms with Gasteiger partial charge in [-0.05, 0) is 19.9 Å². The Hall–Kier alpha value is -1.13. The van der Waals surface area contributed by atoms with Crippen LogP contribution in [0.15, 0.2) is 6.07 Å². The minimum Gasteiger partial charge on any atom is -0.489 e. The van der Waals surface area contributed by atoms with Crippen LogP contribution in [-0.4, -0.2) is 12.5 Å². The van der Waals surface area contributed by atoms with Gasteiger partial charge in [0.1, 0.15) is 17.3 Å². The number of ether oxygens (including phenoxy) is 1. The predicted octanol–water partition coefficient (Wildman–Crippen LogP) is 2.93. The first-order valence-electron chi connectivity index (χ1n) is 5.04. The maximum atomic E-state index is 11.9. The highest BCUT2D eigenvalue weighted by Gasteiger charge is 2.34. The average molecular weight is 275 g/mol. The highest BCUT2D eigenvalue weighted by atomic mass is 35.5. The summed E-state index contributed by atoms with van der Waals surface area (Å²) in [5, 5.41) is 3.29. The Morgan fingerprint density at radius 2 is 2.12 bits per heavy atom. The number of nitrogens with one attached hydrogen (secondary N) is 1. The Morgan fingerprint density at radius 1 is 1.47 bits per heavy atom. The normalized spacial score (nSPS) is 17.8. The van der Waals surface area contributed by atoms with Crippen molar-refractivity contribution in [3.05, 3.63) is 16.1 Å². The fraction of sp³-hybridized carbons (Fsp3) is 0.364. The van der Waals surface area contributed by atoms with Crippen LogP contribution in [0, 0.1) is 5.41 Å². The lowest BCUT2D eigenvalue weighted by atomic mass is 9.94. The van der Waals surface area contributed by atoms with Crippen molar-refractivity contribution in [2.45, 2.75) is 13.8 Å². The van der Waals surface area contributed by atoms with Crippen LogP contribution in [0.3, 0.4) is 0 Å². The molecule has 1 aromatic carbocycles. The van der Waals surface area contributed by atoms with Gasteiger partial charge in [-0.2, -0.15) is 0 Å². The summed E-state index contributed by atoms with van der Waals surface area (Å²) in [5.74, 6) is 0.162. The molecule has 3 N–H and O–H groups in total. The standard InChI is InChI=1S/C11H12Cl2N2O2/c1-11(2)4-17-9-7(13)6(14)3-5(12)8(9)15-10(11)16/h3H,4,14H2,1-2H3,(H,15,16). The Balaban J connectivity index is 2.58. The van der Waals surface area contributed by atoms with Crippen molar-refractivity contribution < 1.29 is 9.53 Å². The average Bonchev–Trinajstić information content (AvgIpc) is 2.35. The molecular formula is C11H12Cl2N2O2. The van der Waals surface area contributed by atoms with Gasteiger partial charge in [-0.3, -0.25) is 4.79 Å². The van der Waals surface area contributed by atoms with E-state index in [2.05, 4.69) is 5.32 Å². The van der Waals surface area contributed by atoms with E-state index in [1.165, 1.54) is 6.07 Å². The van der Waals surface area contributed by atoms with Crippen molar-refractivity contribution in [1.82, 2.24) is 0 Å². The summed E-state index contributed by atoms with van der Waals surface area (Å²) in [4.78, 5) is 11.9. The largest absolute Gasteiger partial charge is 0.489 e. The molecule has 0 fully saturated rings. The van der Waals surface area contributed by atoms with Crippen molar-refractivity contribution >= 4 is 40.5 Å². The highest BCUT2D eigenvalue weighted by molar-refractivity contribution is 6.39. The fourth-order valence-electron chi connectivity index (χ4n) is 1.47. The second kappa shape index (κ2) is 3.96. The van der Waals surface area contributed by atoms with Gasteiger partial charge in [0.2, 0.25) is 5.91 Å². The zero-order chi connectivity index (χ0) is 12.8. The molecule has 0 saturated carbocycles. The summed E-state index contributed by atoms with van der Waals surface area (Å²) in [6.45, 7) is 3.77. The third-order valence-corrected chi connectivity index (χ3v) is 3.32. The molecule has 4 nitrogen and oxygen atoms in total. The minimum absolute atomic E-state index is 0.168. The molecule has 0 radical (unpaired) electrons. The Labute approximate surface area is 109 Å². The van der Waals surface area contributed by atoms with E-state index in [4.69, 9.17) is 33.7 Å². The molecule has 6 heteroatoms. The van der Waals surface area contributed by atoms with Gasteiger partial charge >= 0.3 is 0 Å². The lowest BCUT2D eigenvalue weighted by Gasteiger charge is -2.18. The second-order valence-corrected chi connectivity index (χ2v) is 5.38. The molecule has 0 saturated heterocycles. The third kappa shape index (κ3) is 2.03. The first kappa shape index (κ1) is 12.3. The van der Waals surface area contributed by atoms with Gasteiger partial charge in [-0.25, -0.2) is 0 Å². The van der Waals surface area contributed by atoms with E-state index in [1.807, 2.05) is 0 Å². The third-order valence-electron chi connectivity index (χ3n) is 2.63. The molecule has 92 valence electrons. The minimum atomic E-state index is -0.652. The molecule has 0 aromatic heterocycles. The number of hydrogen-bond acceptors (Lipinski definition) is 3. The quantitative estimate of drug-likeness (QED) is 0.715. The summed E-state index contributed by atoms with van der Waals surface area (Å²) in [6.07, 6.45) is 0. The molecule has 1 aromatic rings. The van der Waals surface area contributed by atoms with Crippen molar-refractivity contribution in [3.8, 4) is 5.75 Å². The van der Waals surface area contributed by atoms with E-state index in [9.17, 15) is 4.79 Å². The van der Waals surface area contributed by atoms with Gasteiger partial charge in [0.15, 0.2) is 5.75 Å². The van der Waals surface area contributed by atoms with E-state index in [1.54, 1.807) is 13.8 Å². The van der Waals surface area contributed by atoms with Crippen LogP contribution in [0.25, 0.3) is 0 Å². The van der Waals surface area contributed by atoms with Crippen molar-refractivity contribution in [2.24, 2.45) is 5.41 Å². The number of nitrogens with two attached hydrogens (primary N) is 1. The zero-order valence-electron chi connectivity index (χ0n) is 9.43. The fourth-order valence-corrected chi connectivity index (χ4v) is 1.93. The van der Waals surface area contributed by atoms with Crippen LogP contribution >= 0.6 is 23.2 Å².